The van der Waals surface area contributed by atoms with Crippen LogP contribution >= 0.6 is 0 Å². The molecule has 1 heterocycles. The Bertz CT molecular complexity index is 695. The quantitative estimate of drug-likeness (QED) is 0.802. The lowest BCUT2D eigenvalue weighted by Crippen LogP contribution is -2.12. The molecule has 0 aliphatic rings. The number of ether oxygens (including phenoxy) is 1. The van der Waals surface area contributed by atoms with Crippen LogP contribution < -0.4 is 0 Å². The molecule has 0 radical (unpaired) electrons. The number of aromatic nitrogens is 1. The molecule has 0 saturated carbocycles. The summed E-state index contributed by atoms with van der Waals surface area (Å²) in [5.41, 5.74) is -2.25. The second kappa shape index (κ2) is 7.40. The highest BCUT2D eigenvalue weighted by atomic mass is 19.4. The summed E-state index contributed by atoms with van der Waals surface area (Å²) in [6.45, 7) is -0.861. The zero-order chi connectivity index (χ0) is 18.7. The average Bonchev–Trinajstić information content (AvgIpc) is 2.53. The summed E-state index contributed by atoms with van der Waals surface area (Å²) in [6.07, 6.45) is -9.79. The van der Waals surface area contributed by atoms with Gasteiger partial charge in [-0.05, 0) is 35.9 Å². The molecule has 25 heavy (non-hydrogen) atoms. The topological polar surface area (TPSA) is 42.4 Å². The number of pyridine rings is 1. The Morgan fingerprint density at radius 3 is 1.92 bits per heavy atom. The largest absolute Gasteiger partial charge is 0.416 e. The third-order valence-corrected chi connectivity index (χ3v) is 3.19. The van der Waals surface area contributed by atoms with E-state index >= 15 is 0 Å². The highest BCUT2D eigenvalue weighted by Gasteiger charge is 2.36. The number of nitrogens with zero attached hydrogens (tertiary/aromatic N) is 1. The summed E-state index contributed by atoms with van der Waals surface area (Å²) in [7, 11) is 0. The number of aliphatic hydroxyl groups is 1. The minimum absolute atomic E-state index is 0.0653. The zero-order valence-corrected chi connectivity index (χ0v) is 12.7. The van der Waals surface area contributed by atoms with Gasteiger partial charge in [-0.15, -0.1) is 0 Å². The van der Waals surface area contributed by atoms with Gasteiger partial charge in [-0.3, -0.25) is 4.98 Å². The van der Waals surface area contributed by atoms with Gasteiger partial charge in [-0.2, -0.15) is 26.3 Å². The Labute approximate surface area is 138 Å². The van der Waals surface area contributed by atoms with E-state index < -0.39 is 30.1 Å². The number of hydrogen-bond acceptors (Lipinski definition) is 3. The molecule has 0 aliphatic heterocycles. The molecule has 0 spiro atoms. The van der Waals surface area contributed by atoms with Crippen LogP contribution in [0.4, 0.5) is 26.3 Å². The van der Waals surface area contributed by atoms with E-state index in [1.54, 1.807) is 18.2 Å². The van der Waals surface area contributed by atoms with Crippen LogP contribution in [0.25, 0.3) is 0 Å². The molecule has 1 aromatic heterocycles. The van der Waals surface area contributed by atoms with E-state index in [0.717, 1.165) is 0 Å². The predicted octanol–water partition coefficient (Wildman–Crippen LogP) is 4.33. The molecule has 9 heteroatoms. The zero-order valence-electron chi connectivity index (χ0n) is 12.7. The molecule has 2 rings (SSSR count). The summed E-state index contributed by atoms with van der Waals surface area (Å²) in [6, 6.07) is 6.02. The van der Waals surface area contributed by atoms with Gasteiger partial charge in [0, 0.05) is 0 Å². The Hall–Kier alpha value is -2.13. The Morgan fingerprint density at radius 1 is 0.840 bits per heavy atom. The smallest absolute Gasteiger partial charge is 0.390 e. The normalized spacial score (nSPS) is 12.4. The van der Waals surface area contributed by atoms with Crippen molar-refractivity contribution >= 4 is 0 Å². The number of alkyl halides is 6. The van der Waals surface area contributed by atoms with Crippen LogP contribution in [0.5, 0.6) is 0 Å². The molecular weight excluding hydrogens is 352 g/mol. The monoisotopic (exact) mass is 365 g/mol. The molecule has 0 unspecified atom stereocenters. The highest BCUT2D eigenvalue weighted by Crippen LogP contribution is 2.36. The number of rotatable bonds is 5. The first kappa shape index (κ1) is 19.2. The molecule has 0 fully saturated rings. The van der Waals surface area contributed by atoms with Gasteiger partial charge in [0.05, 0.1) is 42.3 Å². The number of benzene rings is 1. The third kappa shape index (κ3) is 5.43. The van der Waals surface area contributed by atoms with Crippen molar-refractivity contribution in [2.45, 2.75) is 32.2 Å². The molecule has 2 aromatic rings. The lowest BCUT2D eigenvalue weighted by atomic mass is 10.1. The van der Waals surface area contributed by atoms with Gasteiger partial charge >= 0.3 is 12.4 Å². The van der Waals surface area contributed by atoms with E-state index in [4.69, 9.17) is 9.84 Å². The van der Waals surface area contributed by atoms with Crippen LogP contribution in [-0.4, -0.2) is 10.1 Å². The van der Waals surface area contributed by atoms with E-state index in [0.29, 0.717) is 23.5 Å². The fraction of sp³-hybridized carbons (Fsp3) is 0.312. The lowest BCUT2D eigenvalue weighted by Gasteiger charge is -2.14. The molecule has 3 nitrogen and oxygen atoms in total. The van der Waals surface area contributed by atoms with Crippen LogP contribution in [-0.2, 0) is 36.9 Å². The van der Waals surface area contributed by atoms with Crippen molar-refractivity contribution in [2.75, 3.05) is 0 Å². The van der Waals surface area contributed by atoms with Crippen LogP contribution in [0.3, 0.4) is 0 Å². The molecule has 1 aromatic carbocycles. The summed E-state index contributed by atoms with van der Waals surface area (Å²) >= 11 is 0. The summed E-state index contributed by atoms with van der Waals surface area (Å²) in [5, 5.41) is 8.96. The molecule has 1 N–H and O–H groups in total. The maximum Gasteiger partial charge on any atom is 0.416 e. The van der Waals surface area contributed by atoms with Gasteiger partial charge in [0.2, 0.25) is 0 Å². The van der Waals surface area contributed by atoms with Crippen molar-refractivity contribution < 1.29 is 36.2 Å². The third-order valence-electron chi connectivity index (χ3n) is 3.19. The van der Waals surface area contributed by atoms with Gasteiger partial charge in [0.1, 0.15) is 0 Å². The van der Waals surface area contributed by atoms with Crippen molar-refractivity contribution in [1.29, 1.82) is 0 Å². The maximum absolute atomic E-state index is 12.8. The van der Waals surface area contributed by atoms with Gasteiger partial charge < -0.3 is 9.84 Å². The van der Waals surface area contributed by atoms with E-state index in [2.05, 4.69) is 4.98 Å². The summed E-state index contributed by atoms with van der Waals surface area (Å²) in [4.78, 5) is 4.00. The first-order valence-corrected chi connectivity index (χ1v) is 7.01. The summed E-state index contributed by atoms with van der Waals surface area (Å²) < 4.78 is 81.8. The molecule has 0 amide bonds. The SMILES string of the molecule is OCc1cccc(COCc2cc(C(F)(F)F)cc(C(F)(F)F)c2)n1. The van der Waals surface area contributed by atoms with Gasteiger partial charge in [0.25, 0.3) is 0 Å². The van der Waals surface area contributed by atoms with Crippen molar-refractivity contribution in [3.05, 3.63) is 64.5 Å². The van der Waals surface area contributed by atoms with Crippen LogP contribution in [0.1, 0.15) is 28.1 Å². The van der Waals surface area contributed by atoms with E-state index in [9.17, 15) is 26.3 Å². The molecule has 0 saturated heterocycles. The van der Waals surface area contributed by atoms with E-state index in [-0.39, 0.29) is 24.8 Å². The average molecular weight is 365 g/mol. The Balaban J connectivity index is 2.15. The molecular formula is C16H13F6NO2. The molecule has 0 aliphatic carbocycles. The second-order valence-electron chi connectivity index (χ2n) is 5.19. The summed E-state index contributed by atoms with van der Waals surface area (Å²) in [5.74, 6) is 0. The minimum Gasteiger partial charge on any atom is -0.390 e. The van der Waals surface area contributed by atoms with Crippen LogP contribution in [0.2, 0.25) is 0 Å². The van der Waals surface area contributed by atoms with Crippen LogP contribution in [0, 0.1) is 0 Å². The van der Waals surface area contributed by atoms with Gasteiger partial charge in [-0.25, -0.2) is 0 Å². The Kier molecular flexibility index (Phi) is 5.69. The lowest BCUT2D eigenvalue weighted by molar-refractivity contribution is -0.143. The second-order valence-corrected chi connectivity index (χ2v) is 5.19. The molecule has 136 valence electrons. The van der Waals surface area contributed by atoms with Crippen molar-refractivity contribution in [2.24, 2.45) is 0 Å². The fourth-order valence-electron chi connectivity index (χ4n) is 2.07. The Morgan fingerprint density at radius 2 is 1.40 bits per heavy atom. The molecule has 0 bridgehead atoms. The van der Waals surface area contributed by atoms with Crippen molar-refractivity contribution in [3.8, 4) is 0 Å². The number of hydrogen-bond donors (Lipinski definition) is 1. The van der Waals surface area contributed by atoms with Crippen molar-refractivity contribution in [3.63, 3.8) is 0 Å². The molecule has 0 atom stereocenters. The fourth-order valence-corrected chi connectivity index (χ4v) is 2.07. The van der Waals surface area contributed by atoms with Crippen LogP contribution in [0.15, 0.2) is 36.4 Å². The first-order valence-electron chi connectivity index (χ1n) is 7.01. The van der Waals surface area contributed by atoms with E-state index in [1.165, 1.54) is 0 Å². The minimum atomic E-state index is -4.90. The van der Waals surface area contributed by atoms with E-state index in [1.807, 2.05) is 0 Å². The predicted molar refractivity (Wildman–Crippen MR) is 75.1 cm³/mol. The van der Waals surface area contributed by atoms with Crippen molar-refractivity contribution in [1.82, 2.24) is 4.98 Å². The first-order chi connectivity index (χ1) is 11.6. The van der Waals surface area contributed by atoms with Gasteiger partial charge in [0.15, 0.2) is 0 Å². The maximum atomic E-state index is 12.8. The van der Waals surface area contributed by atoms with Gasteiger partial charge in [-0.1, -0.05) is 6.07 Å². The standard InChI is InChI=1S/C16H13F6NO2/c17-15(18,19)11-4-10(5-12(6-11)16(20,21)22)8-25-9-14-3-1-2-13(7-24)23-14/h1-6,24H,7-9H2. The number of aliphatic hydroxyl groups excluding tert-OH is 1. The highest BCUT2D eigenvalue weighted by molar-refractivity contribution is 5.33. The number of halogens is 6.